The third-order valence-electron chi connectivity index (χ3n) is 4.17. The molecule has 0 N–H and O–H groups in total. The minimum absolute atomic E-state index is 0.161. The summed E-state index contributed by atoms with van der Waals surface area (Å²) in [5, 5.41) is 0. The van der Waals surface area contributed by atoms with Gasteiger partial charge in [0.05, 0.1) is 0 Å². The summed E-state index contributed by atoms with van der Waals surface area (Å²) in [7, 11) is 0. The lowest BCUT2D eigenvalue weighted by atomic mass is 10.1. The van der Waals surface area contributed by atoms with Gasteiger partial charge >= 0.3 is 0 Å². The third kappa shape index (κ3) is 3.22. The summed E-state index contributed by atoms with van der Waals surface area (Å²) < 4.78 is 13.3. The van der Waals surface area contributed by atoms with Crippen molar-refractivity contribution >= 4 is 5.82 Å². The van der Waals surface area contributed by atoms with E-state index in [4.69, 9.17) is 0 Å². The molecule has 110 valence electrons. The maximum Gasteiger partial charge on any atom is 0.128 e. The summed E-state index contributed by atoms with van der Waals surface area (Å²) in [5.74, 6) is 0.877. The first kappa shape index (κ1) is 14.0. The highest BCUT2D eigenvalue weighted by Gasteiger charge is 2.22. The zero-order valence-electron chi connectivity index (χ0n) is 12.2. The molecule has 0 saturated carbocycles. The number of anilines is 1. The summed E-state index contributed by atoms with van der Waals surface area (Å²) in [6, 6.07) is 13.2. The number of rotatable bonds is 3. The summed E-state index contributed by atoms with van der Waals surface area (Å²) in [6.45, 7) is 5.99. The van der Waals surface area contributed by atoms with Gasteiger partial charge in [0, 0.05) is 38.4 Å². The van der Waals surface area contributed by atoms with Crippen LogP contribution in [0.3, 0.4) is 0 Å². The van der Waals surface area contributed by atoms with Crippen molar-refractivity contribution < 1.29 is 4.39 Å². The second-order valence-corrected chi connectivity index (χ2v) is 5.44. The Hall–Kier alpha value is -1.94. The monoisotopic (exact) mass is 285 g/mol. The van der Waals surface area contributed by atoms with Crippen molar-refractivity contribution in [3.8, 4) is 0 Å². The summed E-state index contributed by atoms with van der Waals surface area (Å²) in [5.41, 5.74) is 1.04. The lowest BCUT2D eigenvalue weighted by Gasteiger charge is -2.38. The molecule has 1 saturated heterocycles. The van der Waals surface area contributed by atoms with Gasteiger partial charge in [-0.15, -0.1) is 0 Å². The van der Waals surface area contributed by atoms with Crippen LogP contribution in [0.1, 0.15) is 18.5 Å². The molecule has 1 fully saturated rings. The predicted octanol–water partition coefficient (Wildman–Crippen LogP) is 3.10. The third-order valence-corrected chi connectivity index (χ3v) is 4.17. The van der Waals surface area contributed by atoms with Gasteiger partial charge in [0.15, 0.2) is 0 Å². The highest BCUT2D eigenvalue weighted by atomic mass is 19.1. The minimum atomic E-state index is -0.161. The molecule has 2 aromatic rings. The van der Waals surface area contributed by atoms with E-state index in [0.717, 1.165) is 37.6 Å². The van der Waals surface area contributed by atoms with Crippen LogP contribution in [-0.2, 0) is 0 Å². The number of piperazine rings is 1. The van der Waals surface area contributed by atoms with E-state index in [1.807, 2.05) is 30.5 Å². The summed E-state index contributed by atoms with van der Waals surface area (Å²) in [4.78, 5) is 9.10. The van der Waals surface area contributed by atoms with Gasteiger partial charge in [0.2, 0.25) is 0 Å². The number of aromatic nitrogens is 1. The molecule has 21 heavy (non-hydrogen) atoms. The highest BCUT2D eigenvalue weighted by molar-refractivity contribution is 5.38. The molecule has 0 radical (unpaired) electrons. The van der Waals surface area contributed by atoms with E-state index in [-0.39, 0.29) is 11.9 Å². The highest BCUT2D eigenvalue weighted by Crippen LogP contribution is 2.23. The largest absolute Gasteiger partial charge is 0.354 e. The van der Waals surface area contributed by atoms with Gasteiger partial charge < -0.3 is 4.90 Å². The van der Waals surface area contributed by atoms with Gasteiger partial charge in [-0.05, 0) is 36.8 Å². The SMILES string of the molecule is CC(c1cccc(F)c1)N1CCN(c2ccccn2)CC1. The molecule has 1 aliphatic rings. The van der Waals surface area contributed by atoms with Gasteiger partial charge in [-0.2, -0.15) is 0 Å². The van der Waals surface area contributed by atoms with Crippen molar-refractivity contribution in [1.29, 1.82) is 0 Å². The van der Waals surface area contributed by atoms with Crippen molar-refractivity contribution in [2.75, 3.05) is 31.1 Å². The smallest absolute Gasteiger partial charge is 0.128 e. The molecule has 1 aromatic carbocycles. The first-order valence-electron chi connectivity index (χ1n) is 7.39. The van der Waals surface area contributed by atoms with Crippen molar-refractivity contribution in [3.05, 3.63) is 60.0 Å². The van der Waals surface area contributed by atoms with Crippen LogP contribution < -0.4 is 4.90 Å². The van der Waals surface area contributed by atoms with Crippen LogP contribution in [0.25, 0.3) is 0 Å². The zero-order valence-corrected chi connectivity index (χ0v) is 12.2. The lowest BCUT2D eigenvalue weighted by molar-refractivity contribution is 0.198. The summed E-state index contributed by atoms with van der Waals surface area (Å²) >= 11 is 0. The number of hydrogen-bond acceptors (Lipinski definition) is 3. The van der Waals surface area contributed by atoms with Gasteiger partial charge in [-0.1, -0.05) is 18.2 Å². The molecule has 1 unspecified atom stereocenters. The Balaban J connectivity index is 1.63. The molecule has 1 atom stereocenters. The molecule has 0 amide bonds. The van der Waals surface area contributed by atoms with Crippen molar-refractivity contribution in [2.24, 2.45) is 0 Å². The van der Waals surface area contributed by atoms with Gasteiger partial charge in [-0.3, -0.25) is 4.90 Å². The Morgan fingerprint density at radius 2 is 1.86 bits per heavy atom. The number of benzene rings is 1. The Morgan fingerprint density at radius 3 is 2.52 bits per heavy atom. The molecule has 3 nitrogen and oxygen atoms in total. The van der Waals surface area contributed by atoms with Crippen molar-refractivity contribution in [3.63, 3.8) is 0 Å². The van der Waals surface area contributed by atoms with Gasteiger partial charge in [0.25, 0.3) is 0 Å². The van der Waals surface area contributed by atoms with Crippen molar-refractivity contribution in [2.45, 2.75) is 13.0 Å². The molecule has 0 aliphatic carbocycles. The number of halogens is 1. The molecule has 4 heteroatoms. The van der Waals surface area contributed by atoms with Crippen LogP contribution in [0.2, 0.25) is 0 Å². The van der Waals surface area contributed by atoms with Crippen LogP contribution in [0.15, 0.2) is 48.7 Å². The molecule has 0 spiro atoms. The quantitative estimate of drug-likeness (QED) is 0.864. The van der Waals surface area contributed by atoms with Crippen LogP contribution in [-0.4, -0.2) is 36.1 Å². The number of hydrogen-bond donors (Lipinski definition) is 0. The fourth-order valence-corrected chi connectivity index (χ4v) is 2.86. The number of pyridine rings is 1. The van der Waals surface area contributed by atoms with Gasteiger partial charge in [0.1, 0.15) is 11.6 Å². The molecule has 0 bridgehead atoms. The Bertz CT molecular complexity index is 580. The normalized spacial score (nSPS) is 17.7. The average molecular weight is 285 g/mol. The second-order valence-electron chi connectivity index (χ2n) is 5.44. The Kier molecular flexibility index (Phi) is 4.15. The van der Waals surface area contributed by atoms with E-state index in [9.17, 15) is 4.39 Å². The van der Waals surface area contributed by atoms with Gasteiger partial charge in [-0.25, -0.2) is 9.37 Å². The summed E-state index contributed by atoms with van der Waals surface area (Å²) in [6.07, 6.45) is 1.83. The van der Waals surface area contributed by atoms with E-state index >= 15 is 0 Å². The minimum Gasteiger partial charge on any atom is -0.354 e. The molecule has 3 rings (SSSR count). The van der Waals surface area contributed by atoms with Crippen molar-refractivity contribution in [1.82, 2.24) is 9.88 Å². The zero-order chi connectivity index (χ0) is 14.7. The van der Waals surface area contributed by atoms with Crippen LogP contribution in [0.4, 0.5) is 10.2 Å². The maximum atomic E-state index is 13.3. The van der Waals surface area contributed by atoms with E-state index in [2.05, 4.69) is 21.7 Å². The standard InChI is InChI=1S/C17H20FN3/c1-14(15-5-4-6-16(18)13-15)20-9-11-21(12-10-20)17-7-2-3-8-19-17/h2-8,13-14H,9-12H2,1H3. The maximum absolute atomic E-state index is 13.3. The Labute approximate surface area is 125 Å². The second kappa shape index (κ2) is 6.22. The average Bonchev–Trinajstić information content (AvgIpc) is 2.55. The first-order chi connectivity index (χ1) is 10.2. The van der Waals surface area contributed by atoms with E-state index in [1.165, 1.54) is 6.07 Å². The fraction of sp³-hybridized carbons (Fsp3) is 0.353. The topological polar surface area (TPSA) is 19.4 Å². The van der Waals surface area contributed by atoms with E-state index in [0.29, 0.717) is 0 Å². The van der Waals surface area contributed by atoms with E-state index < -0.39 is 0 Å². The molecular formula is C17H20FN3. The molecule has 1 aliphatic heterocycles. The van der Waals surface area contributed by atoms with Crippen LogP contribution in [0.5, 0.6) is 0 Å². The predicted molar refractivity (Wildman–Crippen MR) is 82.8 cm³/mol. The van der Waals surface area contributed by atoms with Crippen LogP contribution in [0, 0.1) is 5.82 Å². The molecular weight excluding hydrogens is 265 g/mol. The Morgan fingerprint density at radius 1 is 1.05 bits per heavy atom. The number of nitrogens with zero attached hydrogens (tertiary/aromatic N) is 3. The fourth-order valence-electron chi connectivity index (χ4n) is 2.86. The molecule has 2 heterocycles. The van der Waals surface area contributed by atoms with Crippen LogP contribution >= 0.6 is 0 Å². The lowest BCUT2D eigenvalue weighted by Crippen LogP contribution is -2.47. The first-order valence-corrected chi connectivity index (χ1v) is 7.39. The van der Waals surface area contributed by atoms with E-state index in [1.54, 1.807) is 12.1 Å². The molecule has 1 aromatic heterocycles.